The number of benzene rings is 1. The summed E-state index contributed by atoms with van der Waals surface area (Å²) in [6.45, 7) is 5.21. The fraction of sp³-hybridized carbons (Fsp3) is 0.312. The van der Waals surface area contributed by atoms with E-state index in [1.165, 1.54) is 12.1 Å². The molecule has 0 aliphatic heterocycles. The molecule has 0 radical (unpaired) electrons. The van der Waals surface area contributed by atoms with E-state index in [2.05, 4.69) is 6.58 Å². The lowest BCUT2D eigenvalue weighted by molar-refractivity contribution is -0.147. The highest BCUT2D eigenvalue weighted by Gasteiger charge is 2.47. The molecular weight excluding hydrogens is 272 g/mol. The van der Waals surface area contributed by atoms with Crippen molar-refractivity contribution in [1.82, 2.24) is 0 Å². The lowest BCUT2D eigenvalue weighted by Gasteiger charge is -2.29. The molecule has 21 heavy (non-hydrogen) atoms. The van der Waals surface area contributed by atoms with E-state index < -0.39 is 29.3 Å². The van der Waals surface area contributed by atoms with Gasteiger partial charge in [0.2, 0.25) is 0 Å². The Labute approximate surface area is 122 Å². The molecule has 0 heterocycles. The van der Waals surface area contributed by atoms with Crippen LogP contribution >= 0.6 is 0 Å². The summed E-state index contributed by atoms with van der Waals surface area (Å²) in [6.07, 6.45) is 0.364. The van der Waals surface area contributed by atoms with Crippen molar-refractivity contribution in [2.24, 2.45) is 0 Å². The Kier molecular flexibility index (Phi) is 5.41. The van der Waals surface area contributed by atoms with Crippen LogP contribution in [0.15, 0.2) is 42.5 Å². The zero-order chi connectivity index (χ0) is 16.0. The predicted octanol–water partition coefficient (Wildman–Crippen LogP) is 2.41. The van der Waals surface area contributed by atoms with Crippen LogP contribution in [-0.4, -0.2) is 27.9 Å². The SMILES string of the molecule is C=C(C(=O)O)C(CC(=O)CCC)(C(=O)O)c1ccccc1. The number of carbonyl (C=O) groups excluding carboxylic acids is 1. The molecule has 0 amide bonds. The van der Waals surface area contributed by atoms with Crippen molar-refractivity contribution in [2.45, 2.75) is 31.6 Å². The average molecular weight is 290 g/mol. The lowest BCUT2D eigenvalue weighted by atomic mass is 9.70. The first-order valence-electron chi connectivity index (χ1n) is 6.59. The Hall–Kier alpha value is -2.43. The third-order valence-corrected chi connectivity index (χ3v) is 3.40. The fourth-order valence-corrected chi connectivity index (χ4v) is 2.28. The summed E-state index contributed by atoms with van der Waals surface area (Å²) >= 11 is 0. The number of hydrogen-bond acceptors (Lipinski definition) is 3. The molecule has 0 aliphatic rings. The van der Waals surface area contributed by atoms with Crippen LogP contribution in [0.25, 0.3) is 0 Å². The highest BCUT2D eigenvalue weighted by molar-refractivity contribution is 6.03. The van der Waals surface area contributed by atoms with Crippen molar-refractivity contribution in [2.75, 3.05) is 0 Å². The number of aliphatic carboxylic acids is 2. The Balaban J connectivity index is 3.44. The molecule has 0 saturated carbocycles. The Morgan fingerprint density at radius 3 is 2.14 bits per heavy atom. The second kappa shape index (κ2) is 6.83. The van der Waals surface area contributed by atoms with Crippen LogP contribution in [0, 0.1) is 0 Å². The van der Waals surface area contributed by atoms with Crippen LogP contribution in [0.3, 0.4) is 0 Å². The van der Waals surface area contributed by atoms with E-state index in [-0.39, 0.29) is 17.8 Å². The molecule has 1 aromatic carbocycles. The maximum atomic E-state index is 12.0. The Morgan fingerprint density at radius 2 is 1.71 bits per heavy atom. The first-order valence-corrected chi connectivity index (χ1v) is 6.59. The van der Waals surface area contributed by atoms with Gasteiger partial charge in [0.1, 0.15) is 11.2 Å². The number of rotatable bonds is 8. The average Bonchev–Trinajstić information content (AvgIpc) is 2.44. The zero-order valence-electron chi connectivity index (χ0n) is 11.8. The number of carbonyl (C=O) groups is 3. The quantitative estimate of drug-likeness (QED) is 0.717. The third-order valence-electron chi connectivity index (χ3n) is 3.40. The van der Waals surface area contributed by atoms with E-state index >= 15 is 0 Å². The molecule has 2 N–H and O–H groups in total. The summed E-state index contributed by atoms with van der Waals surface area (Å²) in [6, 6.07) is 7.90. The van der Waals surface area contributed by atoms with Gasteiger partial charge in [0.15, 0.2) is 0 Å². The standard InChI is InChI=1S/C16H18O5/c1-3-7-13(17)10-16(15(20)21,11(2)14(18)19)12-8-5-4-6-9-12/h4-6,8-9H,2-3,7,10H2,1H3,(H,18,19)(H,20,21). The van der Waals surface area contributed by atoms with Crippen LogP contribution < -0.4 is 0 Å². The third kappa shape index (κ3) is 3.37. The second-order valence-corrected chi connectivity index (χ2v) is 4.83. The summed E-state index contributed by atoms with van der Waals surface area (Å²) in [7, 11) is 0. The smallest absolute Gasteiger partial charge is 0.332 e. The Morgan fingerprint density at radius 1 is 1.14 bits per heavy atom. The van der Waals surface area contributed by atoms with E-state index in [1.807, 2.05) is 0 Å². The van der Waals surface area contributed by atoms with Crippen LogP contribution in [0.1, 0.15) is 31.7 Å². The van der Waals surface area contributed by atoms with Crippen LogP contribution in [0.4, 0.5) is 0 Å². The van der Waals surface area contributed by atoms with Gasteiger partial charge in [-0.2, -0.15) is 0 Å². The summed E-state index contributed by atoms with van der Waals surface area (Å²) in [5.74, 6) is -3.11. The molecule has 1 unspecified atom stereocenters. The highest BCUT2D eigenvalue weighted by atomic mass is 16.4. The summed E-state index contributed by atoms with van der Waals surface area (Å²) in [5.41, 5.74) is -2.20. The van der Waals surface area contributed by atoms with Gasteiger partial charge in [-0.25, -0.2) is 4.79 Å². The molecule has 0 spiro atoms. The zero-order valence-corrected chi connectivity index (χ0v) is 11.8. The van der Waals surface area contributed by atoms with E-state index in [0.29, 0.717) is 6.42 Å². The molecule has 5 nitrogen and oxygen atoms in total. The van der Waals surface area contributed by atoms with Crippen molar-refractivity contribution in [3.05, 3.63) is 48.0 Å². The molecular formula is C16H18O5. The molecule has 0 aliphatic carbocycles. The minimum Gasteiger partial charge on any atom is -0.480 e. The molecule has 1 aromatic rings. The fourth-order valence-electron chi connectivity index (χ4n) is 2.28. The van der Waals surface area contributed by atoms with Crippen LogP contribution in [0.5, 0.6) is 0 Å². The number of ketones is 1. The Bertz CT molecular complexity index is 561. The summed E-state index contributed by atoms with van der Waals surface area (Å²) < 4.78 is 0. The molecule has 5 heteroatoms. The normalized spacial score (nSPS) is 13.2. The molecule has 0 bridgehead atoms. The van der Waals surface area contributed by atoms with E-state index in [9.17, 15) is 24.6 Å². The van der Waals surface area contributed by atoms with Crippen LogP contribution in [-0.2, 0) is 19.8 Å². The van der Waals surface area contributed by atoms with Crippen molar-refractivity contribution in [1.29, 1.82) is 0 Å². The van der Waals surface area contributed by atoms with Gasteiger partial charge in [0, 0.05) is 12.8 Å². The highest BCUT2D eigenvalue weighted by Crippen LogP contribution is 2.36. The topological polar surface area (TPSA) is 91.7 Å². The molecule has 112 valence electrons. The number of hydrogen-bond donors (Lipinski definition) is 2. The first-order chi connectivity index (χ1) is 9.86. The number of carboxylic acids is 2. The number of carboxylic acid groups (broad SMARTS) is 2. The van der Waals surface area contributed by atoms with E-state index in [4.69, 9.17) is 0 Å². The monoisotopic (exact) mass is 290 g/mol. The largest absolute Gasteiger partial charge is 0.480 e. The van der Waals surface area contributed by atoms with Crippen molar-refractivity contribution in [3.8, 4) is 0 Å². The van der Waals surface area contributed by atoms with Gasteiger partial charge in [-0.15, -0.1) is 0 Å². The van der Waals surface area contributed by atoms with Gasteiger partial charge in [0.25, 0.3) is 0 Å². The molecule has 0 aromatic heterocycles. The minimum absolute atomic E-state index is 0.203. The van der Waals surface area contributed by atoms with E-state index in [1.54, 1.807) is 25.1 Å². The van der Waals surface area contributed by atoms with Gasteiger partial charge in [0.05, 0.1) is 5.57 Å². The van der Waals surface area contributed by atoms with Gasteiger partial charge >= 0.3 is 11.9 Å². The molecule has 1 atom stereocenters. The number of Topliss-reactive ketones (excluding diaryl/α,β-unsaturated/α-hetero) is 1. The van der Waals surface area contributed by atoms with E-state index in [0.717, 1.165) is 0 Å². The molecule has 0 fully saturated rings. The van der Waals surface area contributed by atoms with Crippen molar-refractivity contribution < 1.29 is 24.6 Å². The molecule has 1 rings (SSSR count). The van der Waals surface area contributed by atoms with Gasteiger partial charge in [-0.1, -0.05) is 43.8 Å². The first kappa shape index (κ1) is 16.6. The maximum absolute atomic E-state index is 12.0. The van der Waals surface area contributed by atoms with Crippen molar-refractivity contribution in [3.63, 3.8) is 0 Å². The van der Waals surface area contributed by atoms with Gasteiger partial charge < -0.3 is 10.2 Å². The predicted molar refractivity (Wildman–Crippen MR) is 77.1 cm³/mol. The summed E-state index contributed by atoms with van der Waals surface area (Å²) in [4.78, 5) is 35.1. The maximum Gasteiger partial charge on any atom is 0.332 e. The lowest BCUT2D eigenvalue weighted by Crippen LogP contribution is -2.42. The molecule has 0 saturated heterocycles. The van der Waals surface area contributed by atoms with Crippen molar-refractivity contribution >= 4 is 17.7 Å². The minimum atomic E-state index is -1.93. The van der Waals surface area contributed by atoms with Crippen LogP contribution in [0.2, 0.25) is 0 Å². The second-order valence-electron chi connectivity index (χ2n) is 4.83. The summed E-state index contributed by atoms with van der Waals surface area (Å²) in [5, 5.41) is 18.8. The van der Waals surface area contributed by atoms with Gasteiger partial charge in [-0.3, -0.25) is 9.59 Å². The van der Waals surface area contributed by atoms with Gasteiger partial charge in [-0.05, 0) is 12.0 Å².